The van der Waals surface area contributed by atoms with Crippen molar-refractivity contribution >= 4 is 34.4 Å². The molecular weight excluding hydrogens is 548 g/mol. The van der Waals surface area contributed by atoms with Crippen LogP contribution < -0.4 is 21.4 Å². The second-order valence-corrected chi connectivity index (χ2v) is 11.3. The molecule has 2 atom stereocenters. The second kappa shape index (κ2) is 16.4. The van der Waals surface area contributed by atoms with Gasteiger partial charge in [-0.25, -0.2) is 5.48 Å². The smallest absolute Gasteiger partial charge is 0.246 e. The van der Waals surface area contributed by atoms with Crippen molar-refractivity contribution in [1.82, 2.24) is 21.4 Å². The Bertz CT molecular complexity index is 1370. The first kappa shape index (κ1) is 33.2. The fourth-order valence-corrected chi connectivity index (χ4v) is 4.38. The van der Waals surface area contributed by atoms with Crippen molar-refractivity contribution in [2.75, 3.05) is 13.7 Å². The molecule has 43 heavy (non-hydrogen) atoms. The predicted octanol–water partition coefficient (Wildman–Crippen LogP) is 3.33. The molecule has 3 rings (SSSR count). The summed E-state index contributed by atoms with van der Waals surface area (Å²) in [6, 6.07) is 21.1. The van der Waals surface area contributed by atoms with Crippen LogP contribution in [0.3, 0.4) is 0 Å². The van der Waals surface area contributed by atoms with Crippen LogP contribution in [0.15, 0.2) is 72.8 Å². The highest BCUT2D eigenvalue weighted by molar-refractivity contribution is 5.95. The zero-order valence-electron chi connectivity index (χ0n) is 25.3. The zero-order chi connectivity index (χ0) is 31.2. The average Bonchev–Trinajstić information content (AvgIpc) is 2.98. The Hall–Kier alpha value is -4.28. The number of carbonyl (C=O) groups excluding carboxylic acids is 4. The van der Waals surface area contributed by atoms with Crippen LogP contribution >= 0.6 is 0 Å². The second-order valence-electron chi connectivity index (χ2n) is 11.3. The van der Waals surface area contributed by atoms with E-state index in [2.05, 4.69) is 21.4 Å². The number of ether oxygens (including phenoxy) is 1. The minimum atomic E-state index is -1.24. The molecule has 0 aliphatic heterocycles. The van der Waals surface area contributed by atoms with Gasteiger partial charge in [-0.2, -0.15) is 0 Å². The Labute approximate surface area is 252 Å². The molecule has 4 amide bonds. The van der Waals surface area contributed by atoms with E-state index in [9.17, 15) is 19.2 Å². The monoisotopic (exact) mass is 590 g/mol. The van der Waals surface area contributed by atoms with Gasteiger partial charge >= 0.3 is 0 Å². The first-order valence-electron chi connectivity index (χ1n) is 14.4. The number of carbonyl (C=O) groups is 4. The molecule has 0 aliphatic carbocycles. The van der Waals surface area contributed by atoms with Crippen molar-refractivity contribution in [2.24, 2.45) is 0 Å². The van der Waals surface area contributed by atoms with E-state index in [0.29, 0.717) is 12.8 Å². The van der Waals surface area contributed by atoms with Crippen LogP contribution in [-0.2, 0) is 41.7 Å². The molecule has 10 heteroatoms. The van der Waals surface area contributed by atoms with Crippen LogP contribution in [0.25, 0.3) is 10.8 Å². The van der Waals surface area contributed by atoms with E-state index in [1.807, 2.05) is 72.8 Å². The van der Waals surface area contributed by atoms with Crippen molar-refractivity contribution in [2.45, 2.75) is 70.7 Å². The molecule has 0 radical (unpaired) electrons. The third kappa shape index (κ3) is 11.5. The number of hydrogen-bond acceptors (Lipinski definition) is 6. The molecule has 3 aromatic rings. The Morgan fingerprint density at radius 1 is 0.791 bits per heavy atom. The van der Waals surface area contributed by atoms with Crippen molar-refractivity contribution in [3.05, 3.63) is 83.9 Å². The van der Waals surface area contributed by atoms with E-state index in [0.717, 1.165) is 21.9 Å². The standard InChI is InChI=1S/C33H42N4O6/c1-33(2,3)43-37-30(39)20-27(35-29(38)19-10-14-23-12-6-5-7-13-23)32(41)36-28(22-42-4)31(40)34-21-25-17-11-16-24-15-8-9-18-26(24)25/h5-9,11-13,15-18,27-28H,10,14,19-22H2,1-4H3,(H,34,40)(H,35,38)(H,36,41)(H,37,39)/t27-,28-/m0/s1. The van der Waals surface area contributed by atoms with E-state index < -0.39 is 35.4 Å². The number of methoxy groups -OCH3 is 1. The minimum absolute atomic E-state index is 0.107. The van der Waals surface area contributed by atoms with Gasteiger partial charge < -0.3 is 20.7 Å². The summed E-state index contributed by atoms with van der Waals surface area (Å²) >= 11 is 0. The van der Waals surface area contributed by atoms with E-state index in [1.54, 1.807) is 20.8 Å². The maximum Gasteiger partial charge on any atom is 0.246 e. The molecule has 0 spiro atoms. The number of amides is 4. The highest BCUT2D eigenvalue weighted by Gasteiger charge is 2.29. The van der Waals surface area contributed by atoms with E-state index in [-0.39, 0.29) is 31.9 Å². The van der Waals surface area contributed by atoms with E-state index in [1.165, 1.54) is 7.11 Å². The Kier molecular flexibility index (Phi) is 12.7. The lowest BCUT2D eigenvalue weighted by Crippen LogP contribution is -2.56. The highest BCUT2D eigenvalue weighted by Crippen LogP contribution is 2.18. The minimum Gasteiger partial charge on any atom is -0.382 e. The number of fused-ring (bicyclic) bond motifs is 1. The van der Waals surface area contributed by atoms with Crippen molar-refractivity contribution in [3.8, 4) is 0 Å². The van der Waals surface area contributed by atoms with Crippen molar-refractivity contribution < 1.29 is 28.8 Å². The Morgan fingerprint density at radius 2 is 1.49 bits per heavy atom. The topological polar surface area (TPSA) is 135 Å². The molecule has 0 aliphatic rings. The summed E-state index contributed by atoms with van der Waals surface area (Å²) in [6.45, 7) is 5.42. The zero-order valence-corrected chi connectivity index (χ0v) is 25.3. The van der Waals surface area contributed by atoms with Gasteiger partial charge in [0.15, 0.2) is 0 Å². The van der Waals surface area contributed by atoms with Crippen LogP contribution in [0, 0.1) is 0 Å². The molecule has 4 N–H and O–H groups in total. The molecule has 0 fully saturated rings. The summed E-state index contributed by atoms with van der Waals surface area (Å²) in [4.78, 5) is 57.3. The number of hydroxylamine groups is 1. The third-order valence-electron chi connectivity index (χ3n) is 6.52. The molecule has 0 aromatic heterocycles. The van der Waals surface area contributed by atoms with Gasteiger partial charge in [0.05, 0.1) is 18.6 Å². The number of aryl methyl sites for hydroxylation is 1. The molecule has 10 nitrogen and oxygen atoms in total. The lowest BCUT2D eigenvalue weighted by atomic mass is 10.0. The fraction of sp³-hybridized carbons (Fsp3) is 0.394. The number of benzene rings is 3. The highest BCUT2D eigenvalue weighted by atomic mass is 16.7. The first-order valence-corrected chi connectivity index (χ1v) is 14.4. The number of hydrogen-bond donors (Lipinski definition) is 4. The van der Waals surface area contributed by atoms with Gasteiger partial charge in [-0.15, -0.1) is 0 Å². The normalized spacial score (nSPS) is 12.7. The largest absolute Gasteiger partial charge is 0.382 e. The summed E-state index contributed by atoms with van der Waals surface area (Å²) in [5.74, 6) is -2.13. The molecule has 0 saturated carbocycles. The summed E-state index contributed by atoms with van der Waals surface area (Å²) in [5, 5.41) is 10.2. The first-order chi connectivity index (χ1) is 20.6. The molecule has 0 bridgehead atoms. The van der Waals surface area contributed by atoms with Crippen LogP contribution in [0.4, 0.5) is 0 Å². The van der Waals surface area contributed by atoms with Crippen LogP contribution in [0.5, 0.6) is 0 Å². The SMILES string of the molecule is COC[C@H](NC(=O)[C@H](CC(=O)NOC(C)(C)C)NC(=O)CCCc1ccccc1)C(=O)NCc1cccc2ccccc12. The summed E-state index contributed by atoms with van der Waals surface area (Å²) in [6.07, 6.45) is 1.03. The van der Waals surface area contributed by atoms with Gasteiger partial charge in [0, 0.05) is 20.1 Å². The van der Waals surface area contributed by atoms with E-state index >= 15 is 0 Å². The lowest BCUT2D eigenvalue weighted by molar-refractivity contribution is -0.147. The summed E-state index contributed by atoms with van der Waals surface area (Å²) in [5.41, 5.74) is 3.69. The van der Waals surface area contributed by atoms with Crippen LogP contribution in [-0.4, -0.2) is 55.0 Å². The molecular formula is C33H42N4O6. The number of nitrogens with one attached hydrogen (secondary N) is 4. The summed E-state index contributed by atoms with van der Waals surface area (Å²) < 4.78 is 5.20. The molecule has 0 unspecified atom stereocenters. The fourth-order valence-electron chi connectivity index (χ4n) is 4.38. The van der Waals surface area contributed by atoms with Crippen molar-refractivity contribution in [3.63, 3.8) is 0 Å². The quantitative estimate of drug-likeness (QED) is 0.201. The molecule has 0 heterocycles. The summed E-state index contributed by atoms with van der Waals surface area (Å²) in [7, 11) is 1.42. The lowest BCUT2D eigenvalue weighted by Gasteiger charge is -2.24. The van der Waals surface area contributed by atoms with Gasteiger partial charge in [-0.3, -0.25) is 24.0 Å². The van der Waals surface area contributed by atoms with Gasteiger partial charge in [-0.05, 0) is 55.5 Å². The maximum atomic E-state index is 13.4. The van der Waals surface area contributed by atoms with Gasteiger partial charge in [0.1, 0.15) is 12.1 Å². The van der Waals surface area contributed by atoms with Gasteiger partial charge in [0.2, 0.25) is 23.6 Å². The predicted molar refractivity (Wildman–Crippen MR) is 165 cm³/mol. The molecule has 230 valence electrons. The van der Waals surface area contributed by atoms with Crippen LogP contribution in [0.2, 0.25) is 0 Å². The number of rotatable bonds is 15. The molecule has 3 aromatic carbocycles. The Balaban J connectivity index is 1.64. The third-order valence-corrected chi connectivity index (χ3v) is 6.52. The van der Waals surface area contributed by atoms with E-state index in [4.69, 9.17) is 9.57 Å². The average molecular weight is 591 g/mol. The van der Waals surface area contributed by atoms with Crippen molar-refractivity contribution in [1.29, 1.82) is 0 Å². The van der Waals surface area contributed by atoms with Crippen LogP contribution in [0.1, 0.15) is 51.2 Å². The Morgan fingerprint density at radius 3 is 2.21 bits per heavy atom. The van der Waals surface area contributed by atoms with Gasteiger partial charge in [-0.1, -0.05) is 72.8 Å². The van der Waals surface area contributed by atoms with Gasteiger partial charge in [0.25, 0.3) is 0 Å². The molecule has 0 saturated heterocycles. The maximum absolute atomic E-state index is 13.4.